The maximum absolute atomic E-state index is 11.1. The Morgan fingerprint density at radius 2 is 1.55 bits per heavy atom. The van der Waals surface area contributed by atoms with Gasteiger partial charge in [-0.15, -0.1) is 0 Å². The highest BCUT2D eigenvalue weighted by atomic mass is 16.4. The van der Waals surface area contributed by atoms with E-state index in [2.05, 4.69) is 0 Å². The lowest BCUT2D eigenvalue weighted by Gasteiger charge is -2.09. The largest absolute Gasteiger partial charge is 0.481 e. The molecular formula is C18H14O4. The van der Waals surface area contributed by atoms with Crippen LogP contribution in [0.15, 0.2) is 48.5 Å². The van der Waals surface area contributed by atoms with Crippen molar-refractivity contribution in [2.24, 2.45) is 0 Å². The summed E-state index contributed by atoms with van der Waals surface area (Å²) in [7, 11) is 0. The van der Waals surface area contributed by atoms with Gasteiger partial charge in [0.15, 0.2) is 0 Å². The van der Waals surface area contributed by atoms with Gasteiger partial charge in [-0.2, -0.15) is 0 Å². The Balaban J connectivity index is 2.25. The Hall–Kier alpha value is -2.88. The van der Waals surface area contributed by atoms with E-state index >= 15 is 0 Å². The molecule has 4 heteroatoms. The Labute approximate surface area is 126 Å². The summed E-state index contributed by atoms with van der Waals surface area (Å²) in [5, 5.41) is 21.7. The zero-order valence-electron chi connectivity index (χ0n) is 11.7. The van der Waals surface area contributed by atoms with Crippen LogP contribution in [0.1, 0.15) is 11.1 Å². The lowest BCUT2D eigenvalue weighted by Crippen LogP contribution is -2.01. The summed E-state index contributed by atoms with van der Waals surface area (Å²) in [6.45, 7) is 0. The van der Waals surface area contributed by atoms with Crippen LogP contribution >= 0.6 is 0 Å². The van der Waals surface area contributed by atoms with Crippen LogP contribution < -0.4 is 0 Å². The molecule has 0 heterocycles. The van der Waals surface area contributed by atoms with Crippen molar-refractivity contribution in [3.05, 3.63) is 59.7 Å². The molecule has 0 amide bonds. The average Bonchev–Trinajstić information content (AvgIpc) is 2.45. The second kappa shape index (κ2) is 5.48. The molecule has 3 rings (SSSR count). The first kappa shape index (κ1) is 14.1. The van der Waals surface area contributed by atoms with E-state index in [0.29, 0.717) is 0 Å². The van der Waals surface area contributed by atoms with Gasteiger partial charge in [0.25, 0.3) is 0 Å². The van der Waals surface area contributed by atoms with Crippen LogP contribution in [0.2, 0.25) is 0 Å². The third-order valence-corrected chi connectivity index (χ3v) is 3.71. The molecule has 0 aromatic heterocycles. The molecule has 0 radical (unpaired) electrons. The van der Waals surface area contributed by atoms with E-state index in [1.165, 1.54) is 0 Å². The highest BCUT2D eigenvalue weighted by molar-refractivity contribution is 6.10. The zero-order valence-corrected chi connectivity index (χ0v) is 11.7. The summed E-state index contributed by atoms with van der Waals surface area (Å²) in [5.41, 5.74) is 1.50. The quantitative estimate of drug-likeness (QED) is 0.724. The predicted octanol–water partition coefficient (Wildman–Crippen LogP) is 3.25. The Kier molecular flexibility index (Phi) is 3.51. The van der Waals surface area contributed by atoms with Crippen LogP contribution in [-0.4, -0.2) is 22.2 Å². The van der Waals surface area contributed by atoms with Gasteiger partial charge in [0, 0.05) is 0 Å². The van der Waals surface area contributed by atoms with Gasteiger partial charge < -0.3 is 10.2 Å². The molecule has 2 N–H and O–H groups in total. The van der Waals surface area contributed by atoms with Crippen molar-refractivity contribution < 1.29 is 19.8 Å². The summed E-state index contributed by atoms with van der Waals surface area (Å²) in [4.78, 5) is 21.9. The standard InChI is InChI=1S/C18H14O4/c19-16(20)9-11-4-7-15-13(8-11)6-5-12-2-1-3-14(18(12)15)10-17(21)22/h1-8H,9-10H2,(H,19,20)(H,21,22). The van der Waals surface area contributed by atoms with Crippen LogP contribution in [0.3, 0.4) is 0 Å². The van der Waals surface area contributed by atoms with E-state index in [1.54, 1.807) is 6.07 Å². The smallest absolute Gasteiger partial charge is 0.307 e. The molecular weight excluding hydrogens is 280 g/mol. The number of carboxylic acids is 2. The second-order valence-corrected chi connectivity index (χ2v) is 5.28. The molecule has 0 aliphatic rings. The van der Waals surface area contributed by atoms with Crippen LogP contribution in [0, 0.1) is 0 Å². The minimum absolute atomic E-state index is 0.0231. The summed E-state index contributed by atoms with van der Waals surface area (Å²) in [6, 6.07) is 15.0. The van der Waals surface area contributed by atoms with Gasteiger partial charge in [-0.3, -0.25) is 9.59 Å². The molecule has 0 aliphatic heterocycles. The van der Waals surface area contributed by atoms with E-state index in [0.717, 1.165) is 32.7 Å². The molecule has 0 saturated carbocycles. The van der Waals surface area contributed by atoms with Crippen LogP contribution in [0.4, 0.5) is 0 Å². The molecule has 0 bridgehead atoms. The van der Waals surface area contributed by atoms with Gasteiger partial charge >= 0.3 is 11.9 Å². The van der Waals surface area contributed by atoms with Crippen LogP contribution in [-0.2, 0) is 22.4 Å². The van der Waals surface area contributed by atoms with Gasteiger partial charge in [0.2, 0.25) is 0 Å². The molecule has 0 fully saturated rings. The summed E-state index contributed by atoms with van der Waals surface area (Å²) in [6.07, 6.45) is -0.0575. The molecule has 22 heavy (non-hydrogen) atoms. The second-order valence-electron chi connectivity index (χ2n) is 5.28. The average molecular weight is 294 g/mol. The molecule has 3 aromatic carbocycles. The molecule has 0 saturated heterocycles. The Bertz CT molecular complexity index is 896. The topological polar surface area (TPSA) is 74.6 Å². The lowest BCUT2D eigenvalue weighted by atomic mass is 9.95. The van der Waals surface area contributed by atoms with Crippen molar-refractivity contribution >= 4 is 33.5 Å². The number of aliphatic carboxylic acids is 2. The minimum atomic E-state index is -0.869. The zero-order chi connectivity index (χ0) is 15.7. The fraction of sp³-hybridized carbons (Fsp3) is 0.111. The number of carboxylic acid groups (broad SMARTS) is 2. The van der Waals surface area contributed by atoms with Crippen molar-refractivity contribution in [2.75, 3.05) is 0 Å². The van der Waals surface area contributed by atoms with Crippen molar-refractivity contribution in [1.82, 2.24) is 0 Å². The van der Waals surface area contributed by atoms with Gasteiger partial charge in [-0.05, 0) is 32.7 Å². The summed E-state index contributed by atoms with van der Waals surface area (Å²) >= 11 is 0. The maximum atomic E-state index is 11.1. The molecule has 3 aromatic rings. The van der Waals surface area contributed by atoms with Gasteiger partial charge in [-0.1, -0.05) is 48.5 Å². The van der Waals surface area contributed by atoms with E-state index < -0.39 is 11.9 Å². The third-order valence-electron chi connectivity index (χ3n) is 3.71. The van der Waals surface area contributed by atoms with Gasteiger partial charge in [0.05, 0.1) is 12.8 Å². The van der Waals surface area contributed by atoms with E-state index in [-0.39, 0.29) is 12.8 Å². The highest BCUT2D eigenvalue weighted by Crippen LogP contribution is 2.29. The molecule has 4 nitrogen and oxygen atoms in total. The minimum Gasteiger partial charge on any atom is -0.481 e. The van der Waals surface area contributed by atoms with Crippen molar-refractivity contribution in [3.63, 3.8) is 0 Å². The summed E-state index contributed by atoms with van der Waals surface area (Å²) < 4.78 is 0. The van der Waals surface area contributed by atoms with Gasteiger partial charge in [-0.25, -0.2) is 0 Å². The van der Waals surface area contributed by atoms with Crippen LogP contribution in [0.5, 0.6) is 0 Å². The predicted molar refractivity (Wildman–Crippen MR) is 84.1 cm³/mol. The first-order valence-electron chi connectivity index (χ1n) is 6.91. The van der Waals surface area contributed by atoms with E-state index in [1.807, 2.05) is 42.5 Å². The third kappa shape index (κ3) is 2.63. The number of hydrogen-bond acceptors (Lipinski definition) is 2. The van der Waals surface area contributed by atoms with Crippen molar-refractivity contribution in [2.45, 2.75) is 12.8 Å². The SMILES string of the molecule is O=C(O)Cc1ccc2c(ccc3cccc(CC(=O)O)c32)c1. The van der Waals surface area contributed by atoms with Crippen molar-refractivity contribution in [1.29, 1.82) is 0 Å². The molecule has 0 spiro atoms. The van der Waals surface area contributed by atoms with Gasteiger partial charge in [0.1, 0.15) is 0 Å². The highest BCUT2D eigenvalue weighted by Gasteiger charge is 2.10. The Morgan fingerprint density at radius 3 is 2.27 bits per heavy atom. The number of carbonyl (C=O) groups is 2. The fourth-order valence-corrected chi connectivity index (χ4v) is 2.84. The van der Waals surface area contributed by atoms with Crippen LogP contribution in [0.25, 0.3) is 21.5 Å². The van der Waals surface area contributed by atoms with E-state index in [4.69, 9.17) is 10.2 Å². The first-order valence-corrected chi connectivity index (χ1v) is 6.91. The molecule has 0 unspecified atom stereocenters. The van der Waals surface area contributed by atoms with Crippen molar-refractivity contribution in [3.8, 4) is 0 Å². The summed E-state index contributed by atoms with van der Waals surface area (Å²) in [5.74, 6) is -1.74. The lowest BCUT2D eigenvalue weighted by molar-refractivity contribution is -0.137. The number of rotatable bonds is 4. The molecule has 0 aliphatic carbocycles. The van der Waals surface area contributed by atoms with E-state index in [9.17, 15) is 9.59 Å². The maximum Gasteiger partial charge on any atom is 0.307 e. The monoisotopic (exact) mass is 294 g/mol. The first-order chi connectivity index (χ1) is 10.5. The Morgan fingerprint density at radius 1 is 0.818 bits per heavy atom. The number of fused-ring (bicyclic) bond motifs is 3. The number of hydrogen-bond donors (Lipinski definition) is 2. The number of benzene rings is 3. The molecule has 0 atom stereocenters. The normalized spacial score (nSPS) is 10.9. The fourth-order valence-electron chi connectivity index (χ4n) is 2.84. The molecule has 110 valence electrons.